The van der Waals surface area contributed by atoms with Crippen LogP contribution in [0.4, 0.5) is 9.59 Å². The molecule has 0 saturated carbocycles. The molecule has 4 amide bonds. The van der Waals surface area contributed by atoms with Gasteiger partial charge in [-0.2, -0.15) is 0 Å². The highest BCUT2D eigenvalue weighted by atomic mass is 16.5. The van der Waals surface area contributed by atoms with Crippen molar-refractivity contribution in [2.45, 2.75) is 25.8 Å². The van der Waals surface area contributed by atoms with E-state index in [1.54, 1.807) is 0 Å². The number of amides is 4. The number of hydrogen-bond donors (Lipinski definition) is 4. The first-order valence-corrected chi connectivity index (χ1v) is 9.24. The van der Waals surface area contributed by atoms with Crippen molar-refractivity contribution in [2.75, 3.05) is 74.1 Å². The lowest BCUT2D eigenvalue weighted by atomic mass is 10.3. The van der Waals surface area contributed by atoms with Gasteiger partial charge in [-0.3, -0.25) is 0 Å². The van der Waals surface area contributed by atoms with Crippen molar-refractivity contribution in [1.29, 1.82) is 0 Å². The van der Waals surface area contributed by atoms with Crippen molar-refractivity contribution in [2.24, 2.45) is 0 Å². The van der Waals surface area contributed by atoms with Crippen LogP contribution in [0.1, 0.15) is 19.8 Å². The molecule has 0 aromatic carbocycles. The second kappa shape index (κ2) is 15.7. The molecule has 154 valence electrons. The Labute approximate surface area is 158 Å². The lowest BCUT2D eigenvalue weighted by molar-refractivity contribution is 0.119. The fourth-order valence-corrected chi connectivity index (χ4v) is 2.07. The van der Waals surface area contributed by atoms with E-state index in [1.165, 1.54) is 0 Å². The summed E-state index contributed by atoms with van der Waals surface area (Å²) in [5.74, 6) is 0. The molecule has 26 heavy (non-hydrogen) atoms. The number of urea groups is 2. The van der Waals surface area contributed by atoms with Gasteiger partial charge in [-0.25, -0.2) is 9.59 Å². The second-order valence-electron chi connectivity index (χ2n) is 6.87. The standard InChI is InChI=1S/C17H38N6O3/c1-15(21-17(25)19-9-7-12-23(4)5)14-26-13-10-20-16(24)18-8-6-11-22(2)3/h15H,6-14H2,1-5H3,(H2,18,20,24)(H2,19,21,25). The minimum absolute atomic E-state index is 0.0938. The number of rotatable bonds is 14. The van der Waals surface area contributed by atoms with Gasteiger partial charge in [-0.05, 0) is 61.0 Å². The summed E-state index contributed by atoms with van der Waals surface area (Å²) in [5.41, 5.74) is 0. The lowest BCUT2D eigenvalue weighted by Gasteiger charge is -2.16. The average Bonchev–Trinajstić information content (AvgIpc) is 2.55. The number of carbonyl (C=O) groups is 2. The third-order valence-electron chi connectivity index (χ3n) is 3.41. The van der Waals surface area contributed by atoms with E-state index < -0.39 is 0 Å². The van der Waals surface area contributed by atoms with E-state index in [0.717, 1.165) is 25.9 Å². The van der Waals surface area contributed by atoms with E-state index >= 15 is 0 Å². The Bertz CT molecular complexity index is 380. The molecule has 1 unspecified atom stereocenters. The SMILES string of the molecule is CC(COCCNC(=O)NCCCN(C)C)NC(=O)NCCCN(C)C. The third-order valence-corrected chi connectivity index (χ3v) is 3.41. The zero-order valence-electron chi connectivity index (χ0n) is 17.1. The number of ether oxygens (including phenoxy) is 1. The topological polar surface area (TPSA) is 98.0 Å². The molecular formula is C17H38N6O3. The van der Waals surface area contributed by atoms with Crippen LogP contribution in [0.3, 0.4) is 0 Å². The number of nitrogens with zero attached hydrogens (tertiary/aromatic N) is 2. The summed E-state index contributed by atoms with van der Waals surface area (Å²) in [6.07, 6.45) is 1.82. The molecule has 9 nitrogen and oxygen atoms in total. The monoisotopic (exact) mass is 374 g/mol. The van der Waals surface area contributed by atoms with Gasteiger partial charge in [0.1, 0.15) is 0 Å². The highest BCUT2D eigenvalue weighted by Crippen LogP contribution is 1.86. The van der Waals surface area contributed by atoms with E-state index in [9.17, 15) is 9.59 Å². The van der Waals surface area contributed by atoms with E-state index in [1.807, 2.05) is 35.1 Å². The summed E-state index contributed by atoms with van der Waals surface area (Å²) in [6.45, 7) is 6.29. The molecule has 0 spiro atoms. The Morgan fingerprint density at radius 3 is 1.88 bits per heavy atom. The van der Waals surface area contributed by atoms with Gasteiger partial charge in [0.15, 0.2) is 0 Å². The normalized spacial score (nSPS) is 12.1. The summed E-state index contributed by atoms with van der Waals surface area (Å²) >= 11 is 0. The van der Waals surface area contributed by atoms with Crippen molar-refractivity contribution in [3.05, 3.63) is 0 Å². The molecule has 0 bridgehead atoms. The van der Waals surface area contributed by atoms with Gasteiger partial charge in [0, 0.05) is 19.6 Å². The van der Waals surface area contributed by atoms with Crippen LogP contribution in [0.5, 0.6) is 0 Å². The van der Waals surface area contributed by atoms with Gasteiger partial charge in [-0.15, -0.1) is 0 Å². The highest BCUT2D eigenvalue weighted by Gasteiger charge is 2.07. The maximum absolute atomic E-state index is 11.7. The van der Waals surface area contributed by atoms with Gasteiger partial charge in [0.25, 0.3) is 0 Å². The minimum atomic E-state index is -0.185. The van der Waals surface area contributed by atoms with Gasteiger partial charge in [-0.1, -0.05) is 0 Å². The zero-order valence-corrected chi connectivity index (χ0v) is 17.1. The van der Waals surface area contributed by atoms with Crippen molar-refractivity contribution < 1.29 is 14.3 Å². The molecule has 0 radical (unpaired) electrons. The first kappa shape index (κ1) is 24.4. The molecule has 0 aromatic rings. The fraction of sp³-hybridized carbons (Fsp3) is 0.882. The van der Waals surface area contributed by atoms with Crippen LogP contribution in [-0.2, 0) is 4.74 Å². The van der Waals surface area contributed by atoms with Crippen LogP contribution < -0.4 is 21.3 Å². The maximum Gasteiger partial charge on any atom is 0.315 e. The van der Waals surface area contributed by atoms with Crippen molar-refractivity contribution in [3.8, 4) is 0 Å². The van der Waals surface area contributed by atoms with E-state index in [4.69, 9.17) is 4.74 Å². The minimum Gasteiger partial charge on any atom is -0.378 e. The van der Waals surface area contributed by atoms with Crippen LogP contribution in [0.25, 0.3) is 0 Å². The average molecular weight is 375 g/mol. The summed E-state index contributed by atoms with van der Waals surface area (Å²) in [5, 5.41) is 11.2. The van der Waals surface area contributed by atoms with Crippen LogP contribution in [-0.4, -0.2) is 102 Å². The Balaban J connectivity index is 3.51. The van der Waals surface area contributed by atoms with Crippen LogP contribution in [0, 0.1) is 0 Å². The molecule has 0 rings (SSSR count). The van der Waals surface area contributed by atoms with Gasteiger partial charge in [0.05, 0.1) is 19.3 Å². The number of nitrogens with one attached hydrogen (secondary N) is 4. The molecule has 0 aliphatic rings. The summed E-state index contributed by atoms with van der Waals surface area (Å²) in [4.78, 5) is 27.4. The molecule has 0 aliphatic carbocycles. The molecule has 0 heterocycles. The predicted octanol–water partition coefficient (Wildman–Crippen LogP) is -0.107. The molecular weight excluding hydrogens is 336 g/mol. The van der Waals surface area contributed by atoms with Crippen LogP contribution in [0.15, 0.2) is 0 Å². The molecule has 0 aromatic heterocycles. The first-order valence-electron chi connectivity index (χ1n) is 9.24. The Morgan fingerprint density at radius 1 is 0.846 bits per heavy atom. The van der Waals surface area contributed by atoms with Gasteiger partial charge >= 0.3 is 12.1 Å². The van der Waals surface area contributed by atoms with Crippen LogP contribution in [0.2, 0.25) is 0 Å². The van der Waals surface area contributed by atoms with Crippen molar-refractivity contribution in [1.82, 2.24) is 31.1 Å². The van der Waals surface area contributed by atoms with Crippen LogP contribution >= 0.6 is 0 Å². The molecule has 9 heteroatoms. The molecule has 4 N–H and O–H groups in total. The quantitative estimate of drug-likeness (QED) is 0.318. The first-order chi connectivity index (χ1) is 12.3. The van der Waals surface area contributed by atoms with Crippen molar-refractivity contribution >= 4 is 12.1 Å². The number of hydrogen-bond acceptors (Lipinski definition) is 5. The molecule has 0 aliphatic heterocycles. The Morgan fingerprint density at radius 2 is 1.35 bits per heavy atom. The summed E-state index contributed by atoms with van der Waals surface area (Å²) in [6, 6.07) is -0.463. The molecule has 0 saturated heterocycles. The number of carbonyl (C=O) groups excluding carboxylic acids is 2. The predicted molar refractivity (Wildman–Crippen MR) is 105 cm³/mol. The van der Waals surface area contributed by atoms with E-state index in [-0.39, 0.29) is 18.1 Å². The molecule has 1 atom stereocenters. The maximum atomic E-state index is 11.7. The largest absolute Gasteiger partial charge is 0.378 e. The van der Waals surface area contributed by atoms with Gasteiger partial charge in [0.2, 0.25) is 0 Å². The van der Waals surface area contributed by atoms with E-state index in [2.05, 4.69) is 31.1 Å². The highest BCUT2D eigenvalue weighted by molar-refractivity contribution is 5.74. The van der Waals surface area contributed by atoms with E-state index in [0.29, 0.717) is 32.8 Å². The Hall–Kier alpha value is -1.58. The zero-order chi connectivity index (χ0) is 19.8. The van der Waals surface area contributed by atoms with Crippen molar-refractivity contribution in [3.63, 3.8) is 0 Å². The summed E-state index contributed by atoms with van der Waals surface area (Å²) < 4.78 is 5.46. The third kappa shape index (κ3) is 17.2. The van der Waals surface area contributed by atoms with Gasteiger partial charge < -0.3 is 35.8 Å². The Kier molecular flexibility index (Phi) is 14.7. The second-order valence-corrected chi connectivity index (χ2v) is 6.87. The smallest absolute Gasteiger partial charge is 0.315 e. The molecule has 0 fully saturated rings. The fourth-order valence-electron chi connectivity index (χ4n) is 2.07. The lowest BCUT2D eigenvalue weighted by Crippen LogP contribution is -2.43. The summed E-state index contributed by atoms with van der Waals surface area (Å²) in [7, 11) is 8.01.